The summed E-state index contributed by atoms with van der Waals surface area (Å²) in [7, 11) is 0. The van der Waals surface area contributed by atoms with Gasteiger partial charge in [-0.2, -0.15) is 0 Å². The minimum atomic E-state index is -1.02. The number of rotatable bonds is 3. The number of aliphatic hydroxyl groups is 1. The van der Waals surface area contributed by atoms with Gasteiger partial charge in [0.25, 0.3) is 0 Å². The second kappa shape index (κ2) is 6.46. The average molecular weight is 341 g/mol. The Morgan fingerprint density at radius 2 is 1.76 bits per heavy atom. The molecule has 0 saturated carbocycles. The van der Waals surface area contributed by atoms with Crippen LogP contribution in [0.4, 0.5) is 4.39 Å². The topological polar surface area (TPSA) is 66.4 Å². The van der Waals surface area contributed by atoms with E-state index in [1.165, 1.54) is 12.1 Å². The molecule has 1 saturated heterocycles. The summed E-state index contributed by atoms with van der Waals surface area (Å²) in [6, 6.07) is 9.94. The van der Waals surface area contributed by atoms with E-state index in [0.29, 0.717) is 18.6 Å². The molecule has 2 aliphatic heterocycles. The highest BCUT2D eigenvalue weighted by molar-refractivity contribution is 5.69. The predicted octanol–water partition coefficient (Wildman–Crippen LogP) is 2.32. The minimum Gasteiger partial charge on any atom is -0.466 e. The number of pyridine rings is 1. The Morgan fingerprint density at radius 1 is 1.08 bits per heavy atom. The molecule has 1 aromatic heterocycles. The molecule has 1 fully saturated rings. The number of nitrogens with zero attached hydrogens (tertiary/aromatic N) is 1. The van der Waals surface area contributed by atoms with Gasteiger partial charge in [-0.05, 0) is 50.2 Å². The van der Waals surface area contributed by atoms with Gasteiger partial charge in [0.15, 0.2) is 12.0 Å². The number of benzene rings is 1. The summed E-state index contributed by atoms with van der Waals surface area (Å²) in [5, 5.41) is 17.8. The third kappa shape index (κ3) is 3.10. The fourth-order valence-electron chi connectivity index (χ4n) is 3.33. The highest BCUT2D eigenvalue weighted by Gasteiger charge is 2.42. The molecular formula is C19H20FN3O2. The lowest BCUT2D eigenvalue weighted by atomic mass is 9.88. The van der Waals surface area contributed by atoms with Crippen molar-refractivity contribution in [3.8, 4) is 0 Å². The van der Waals surface area contributed by atoms with Gasteiger partial charge in [-0.15, -0.1) is 0 Å². The van der Waals surface area contributed by atoms with Crippen molar-refractivity contribution in [2.45, 2.75) is 24.7 Å². The van der Waals surface area contributed by atoms with Crippen LogP contribution in [0.5, 0.6) is 0 Å². The van der Waals surface area contributed by atoms with Crippen LogP contribution in [0.3, 0.4) is 0 Å². The van der Waals surface area contributed by atoms with Crippen LogP contribution in [0.15, 0.2) is 54.6 Å². The molecule has 130 valence electrons. The van der Waals surface area contributed by atoms with Gasteiger partial charge in [-0.1, -0.05) is 12.1 Å². The molecule has 6 heteroatoms. The van der Waals surface area contributed by atoms with E-state index >= 15 is 0 Å². The monoisotopic (exact) mass is 341 g/mol. The molecule has 0 radical (unpaired) electrons. The Morgan fingerprint density at radius 3 is 2.44 bits per heavy atom. The summed E-state index contributed by atoms with van der Waals surface area (Å²) < 4.78 is 19.4. The van der Waals surface area contributed by atoms with Crippen molar-refractivity contribution >= 4 is 5.70 Å². The molecule has 0 bridgehead atoms. The maximum absolute atomic E-state index is 13.2. The molecule has 3 N–H and O–H groups in total. The number of nitrogens with one attached hydrogen (secondary N) is 2. The zero-order valence-corrected chi connectivity index (χ0v) is 13.7. The van der Waals surface area contributed by atoms with Crippen LogP contribution in [0.2, 0.25) is 0 Å². The van der Waals surface area contributed by atoms with Crippen LogP contribution in [-0.2, 0) is 4.74 Å². The quantitative estimate of drug-likeness (QED) is 0.800. The van der Waals surface area contributed by atoms with Crippen molar-refractivity contribution in [3.05, 3.63) is 71.5 Å². The van der Waals surface area contributed by atoms with Crippen molar-refractivity contribution < 1.29 is 14.2 Å². The average Bonchev–Trinajstić information content (AvgIpc) is 3.10. The SMILES string of the molecule is OC1(C2=C(c3ccncc3)NC(c3ccc(F)cc3)O2)CCNCC1. The highest BCUT2D eigenvalue weighted by atomic mass is 19.1. The van der Waals surface area contributed by atoms with Gasteiger partial charge in [0.2, 0.25) is 0 Å². The Hall–Kier alpha value is -2.44. The van der Waals surface area contributed by atoms with Gasteiger partial charge in [0.05, 0.1) is 5.70 Å². The number of hydrogen-bond donors (Lipinski definition) is 3. The van der Waals surface area contributed by atoms with Crippen LogP contribution >= 0.6 is 0 Å². The lowest BCUT2D eigenvalue weighted by Crippen LogP contribution is -2.43. The van der Waals surface area contributed by atoms with Gasteiger partial charge in [0.1, 0.15) is 11.4 Å². The minimum absolute atomic E-state index is 0.290. The van der Waals surface area contributed by atoms with Gasteiger partial charge in [-0.25, -0.2) is 4.39 Å². The van der Waals surface area contributed by atoms with Crippen LogP contribution < -0.4 is 10.6 Å². The van der Waals surface area contributed by atoms with E-state index in [-0.39, 0.29) is 5.82 Å². The molecule has 3 heterocycles. The fourth-order valence-corrected chi connectivity index (χ4v) is 3.33. The second-order valence-corrected chi connectivity index (χ2v) is 6.42. The number of aromatic nitrogens is 1. The summed E-state index contributed by atoms with van der Waals surface area (Å²) in [5.74, 6) is 0.260. The van der Waals surface area contributed by atoms with Gasteiger partial charge < -0.3 is 20.5 Å². The van der Waals surface area contributed by atoms with E-state index < -0.39 is 11.8 Å². The van der Waals surface area contributed by atoms with Gasteiger partial charge >= 0.3 is 0 Å². The number of hydrogen-bond acceptors (Lipinski definition) is 5. The molecule has 1 atom stereocenters. The number of piperidine rings is 1. The van der Waals surface area contributed by atoms with Gasteiger partial charge in [0, 0.05) is 23.5 Å². The van der Waals surface area contributed by atoms with Crippen LogP contribution in [0.1, 0.15) is 30.2 Å². The zero-order valence-electron chi connectivity index (χ0n) is 13.7. The van der Waals surface area contributed by atoms with E-state index in [1.807, 2.05) is 12.1 Å². The van der Waals surface area contributed by atoms with Crippen molar-refractivity contribution in [1.29, 1.82) is 0 Å². The molecule has 5 nitrogen and oxygen atoms in total. The predicted molar refractivity (Wildman–Crippen MR) is 91.6 cm³/mol. The van der Waals surface area contributed by atoms with Crippen molar-refractivity contribution in [2.24, 2.45) is 0 Å². The smallest absolute Gasteiger partial charge is 0.196 e. The molecule has 4 rings (SSSR count). The second-order valence-electron chi connectivity index (χ2n) is 6.42. The van der Waals surface area contributed by atoms with Crippen molar-refractivity contribution in [2.75, 3.05) is 13.1 Å². The zero-order chi connectivity index (χ0) is 17.3. The van der Waals surface area contributed by atoms with E-state index in [4.69, 9.17) is 4.74 Å². The first kappa shape index (κ1) is 16.1. The standard InChI is InChI=1S/C19H20FN3O2/c20-15-3-1-14(2-4-15)18-23-16(13-5-9-21-10-6-13)17(25-18)19(24)7-11-22-12-8-19/h1-6,9-10,18,22-24H,7-8,11-12H2. The first-order valence-corrected chi connectivity index (χ1v) is 8.43. The van der Waals surface area contributed by atoms with E-state index in [1.54, 1.807) is 24.5 Å². The third-order valence-electron chi connectivity index (χ3n) is 4.73. The lowest BCUT2D eigenvalue weighted by Gasteiger charge is -2.33. The molecule has 2 aromatic rings. The summed E-state index contributed by atoms with van der Waals surface area (Å²) >= 11 is 0. The Bertz CT molecular complexity index is 771. The molecule has 0 spiro atoms. The summed E-state index contributed by atoms with van der Waals surface area (Å²) in [4.78, 5) is 4.05. The largest absolute Gasteiger partial charge is 0.466 e. The van der Waals surface area contributed by atoms with Crippen LogP contribution in [-0.4, -0.2) is 28.8 Å². The lowest BCUT2D eigenvalue weighted by molar-refractivity contribution is -0.0240. The maximum Gasteiger partial charge on any atom is 0.196 e. The summed E-state index contributed by atoms with van der Waals surface area (Å²) in [6.07, 6.45) is 4.11. The van der Waals surface area contributed by atoms with Crippen molar-refractivity contribution in [1.82, 2.24) is 15.6 Å². The Balaban J connectivity index is 1.71. The van der Waals surface area contributed by atoms with Gasteiger partial charge in [-0.3, -0.25) is 4.98 Å². The molecule has 0 amide bonds. The first-order valence-electron chi connectivity index (χ1n) is 8.43. The Kier molecular flexibility index (Phi) is 4.15. The highest BCUT2D eigenvalue weighted by Crippen LogP contribution is 2.40. The number of ether oxygens (including phenoxy) is 1. The Labute approximate surface area is 145 Å². The molecule has 25 heavy (non-hydrogen) atoms. The number of halogens is 1. The third-order valence-corrected chi connectivity index (χ3v) is 4.73. The first-order chi connectivity index (χ1) is 12.2. The molecular weight excluding hydrogens is 321 g/mol. The fraction of sp³-hybridized carbons (Fsp3) is 0.316. The van der Waals surface area contributed by atoms with Crippen LogP contribution in [0.25, 0.3) is 5.70 Å². The molecule has 0 aliphatic carbocycles. The van der Waals surface area contributed by atoms with E-state index in [9.17, 15) is 9.50 Å². The molecule has 2 aliphatic rings. The molecule has 1 unspecified atom stereocenters. The molecule has 1 aromatic carbocycles. The summed E-state index contributed by atoms with van der Waals surface area (Å²) in [5.41, 5.74) is 1.45. The normalized spacial score (nSPS) is 22.4. The van der Waals surface area contributed by atoms with E-state index in [0.717, 1.165) is 29.9 Å². The summed E-state index contributed by atoms with van der Waals surface area (Å²) in [6.45, 7) is 1.46. The van der Waals surface area contributed by atoms with E-state index in [2.05, 4.69) is 15.6 Å². The van der Waals surface area contributed by atoms with Crippen molar-refractivity contribution in [3.63, 3.8) is 0 Å². The van der Waals surface area contributed by atoms with Crippen LogP contribution in [0, 0.1) is 5.82 Å². The maximum atomic E-state index is 13.2.